The largest absolute Gasteiger partial charge is 0.298 e. The third-order valence-electron chi connectivity index (χ3n) is 3.36. The van der Waals surface area contributed by atoms with Crippen LogP contribution in [0.3, 0.4) is 0 Å². The highest BCUT2D eigenvalue weighted by Crippen LogP contribution is 2.08. The van der Waals surface area contributed by atoms with Crippen LogP contribution in [0.2, 0.25) is 0 Å². The molecule has 1 aromatic heterocycles. The smallest absolute Gasteiger partial charge is 0.0727 e. The lowest BCUT2D eigenvalue weighted by atomic mass is 10.2. The van der Waals surface area contributed by atoms with E-state index in [0.29, 0.717) is 6.04 Å². The Balaban J connectivity index is 1.84. The molecule has 1 aliphatic heterocycles. The highest BCUT2D eigenvalue weighted by molar-refractivity contribution is 5.00. The lowest BCUT2D eigenvalue weighted by Crippen LogP contribution is -2.48. The monoisotopic (exact) mass is 234 g/mol. The van der Waals surface area contributed by atoms with Crippen molar-refractivity contribution in [3.63, 3.8) is 0 Å². The van der Waals surface area contributed by atoms with Crippen LogP contribution in [0.15, 0.2) is 12.4 Å². The number of nitrogens with zero attached hydrogens (tertiary/aromatic N) is 4. The third kappa shape index (κ3) is 3.48. The van der Waals surface area contributed by atoms with Gasteiger partial charge in [-0.05, 0) is 20.8 Å². The number of aromatic nitrogens is 2. The Bertz CT molecular complexity index is 339. The summed E-state index contributed by atoms with van der Waals surface area (Å²) in [6.45, 7) is 12.0. The maximum atomic E-state index is 4.41. The first kappa shape index (κ1) is 12.5. The molecule has 1 aliphatic rings. The van der Waals surface area contributed by atoms with E-state index in [1.165, 1.54) is 0 Å². The second kappa shape index (κ2) is 5.56. The summed E-state index contributed by atoms with van der Waals surface area (Å²) in [5, 5.41) is 0. The van der Waals surface area contributed by atoms with Gasteiger partial charge in [-0.15, -0.1) is 0 Å². The summed E-state index contributed by atoms with van der Waals surface area (Å²) in [6, 6.07) is 0.663. The second-order valence-electron chi connectivity index (χ2n) is 5.05. The minimum absolute atomic E-state index is 0.663. The van der Waals surface area contributed by atoms with Crippen molar-refractivity contribution in [1.82, 2.24) is 19.8 Å². The van der Waals surface area contributed by atoms with Crippen molar-refractivity contribution in [2.75, 3.05) is 26.2 Å². The molecule has 0 saturated carbocycles. The Labute approximate surface area is 104 Å². The zero-order chi connectivity index (χ0) is 12.3. The number of rotatable bonds is 3. The van der Waals surface area contributed by atoms with Crippen LogP contribution in [0.4, 0.5) is 0 Å². The van der Waals surface area contributed by atoms with Crippen molar-refractivity contribution >= 4 is 0 Å². The highest BCUT2D eigenvalue weighted by Gasteiger charge is 2.18. The van der Waals surface area contributed by atoms with Crippen LogP contribution in [0.1, 0.15) is 25.2 Å². The molecule has 0 aliphatic carbocycles. The molecule has 0 aromatic carbocycles. The Morgan fingerprint density at radius 2 is 1.82 bits per heavy atom. The minimum atomic E-state index is 0.663. The summed E-state index contributed by atoms with van der Waals surface area (Å²) >= 11 is 0. The van der Waals surface area contributed by atoms with Gasteiger partial charge in [-0.2, -0.15) is 0 Å². The van der Waals surface area contributed by atoms with E-state index in [4.69, 9.17) is 0 Å². The van der Waals surface area contributed by atoms with Crippen LogP contribution in [0, 0.1) is 6.92 Å². The molecule has 0 amide bonds. The molecule has 0 spiro atoms. The molecule has 0 atom stereocenters. The van der Waals surface area contributed by atoms with Gasteiger partial charge in [0.2, 0.25) is 0 Å². The van der Waals surface area contributed by atoms with Crippen molar-refractivity contribution in [2.24, 2.45) is 0 Å². The summed E-state index contributed by atoms with van der Waals surface area (Å²) in [5.41, 5.74) is 2.06. The van der Waals surface area contributed by atoms with E-state index in [9.17, 15) is 0 Å². The van der Waals surface area contributed by atoms with E-state index in [1.807, 2.05) is 19.3 Å². The van der Waals surface area contributed by atoms with Crippen molar-refractivity contribution in [3.8, 4) is 0 Å². The Morgan fingerprint density at radius 1 is 1.12 bits per heavy atom. The van der Waals surface area contributed by atoms with Gasteiger partial charge in [-0.25, -0.2) is 0 Å². The second-order valence-corrected chi connectivity index (χ2v) is 5.05. The number of piperazine rings is 1. The first-order valence-electron chi connectivity index (χ1n) is 6.39. The Morgan fingerprint density at radius 3 is 2.35 bits per heavy atom. The first-order chi connectivity index (χ1) is 8.15. The van der Waals surface area contributed by atoms with Gasteiger partial charge in [0.1, 0.15) is 0 Å². The molecule has 4 heteroatoms. The Hall–Kier alpha value is -1.00. The fraction of sp³-hybridized carbons (Fsp3) is 0.692. The molecule has 0 radical (unpaired) electrons. The quantitative estimate of drug-likeness (QED) is 0.789. The molecule has 2 rings (SSSR count). The fourth-order valence-corrected chi connectivity index (χ4v) is 2.17. The number of hydrogen-bond acceptors (Lipinski definition) is 4. The zero-order valence-electron chi connectivity index (χ0n) is 11.1. The highest BCUT2D eigenvalue weighted by atomic mass is 15.3. The summed E-state index contributed by atoms with van der Waals surface area (Å²) in [4.78, 5) is 13.7. The van der Waals surface area contributed by atoms with Crippen LogP contribution in [-0.4, -0.2) is 52.0 Å². The van der Waals surface area contributed by atoms with Crippen LogP contribution >= 0.6 is 0 Å². The zero-order valence-corrected chi connectivity index (χ0v) is 11.1. The summed E-state index contributed by atoms with van der Waals surface area (Å²) in [7, 11) is 0. The average molecular weight is 234 g/mol. The van der Waals surface area contributed by atoms with E-state index in [1.54, 1.807) is 0 Å². The van der Waals surface area contributed by atoms with Crippen LogP contribution < -0.4 is 0 Å². The lowest BCUT2D eigenvalue weighted by Gasteiger charge is -2.36. The molecule has 0 N–H and O–H groups in total. The molecule has 2 heterocycles. The van der Waals surface area contributed by atoms with Gasteiger partial charge < -0.3 is 0 Å². The van der Waals surface area contributed by atoms with Crippen LogP contribution in [0.5, 0.6) is 0 Å². The predicted octanol–water partition coefficient (Wildman–Crippen LogP) is 1.31. The SMILES string of the molecule is Cc1cnc(CN2CCN(C(C)C)CC2)cn1. The molecule has 17 heavy (non-hydrogen) atoms. The van der Waals surface area contributed by atoms with E-state index in [0.717, 1.165) is 44.1 Å². The van der Waals surface area contributed by atoms with Crippen molar-refractivity contribution < 1.29 is 0 Å². The molecule has 1 fully saturated rings. The van der Waals surface area contributed by atoms with Gasteiger partial charge in [0, 0.05) is 51.2 Å². The van der Waals surface area contributed by atoms with Crippen molar-refractivity contribution in [1.29, 1.82) is 0 Å². The predicted molar refractivity (Wildman–Crippen MR) is 68.8 cm³/mol. The van der Waals surface area contributed by atoms with Gasteiger partial charge in [-0.1, -0.05) is 0 Å². The molecule has 1 saturated heterocycles. The number of hydrogen-bond donors (Lipinski definition) is 0. The fourth-order valence-electron chi connectivity index (χ4n) is 2.17. The molecule has 1 aromatic rings. The average Bonchev–Trinajstić information content (AvgIpc) is 2.33. The maximum Gasteiger partial charge on any atom is 0.0727 e. The molecule has 94 valence electrons. The molecule has 0 unspecified atom stereocenters. The molecule has 4 nitrogen and oxygen atoms in total. The molecular weight excluding hydrogens is 212 g/mol. The van der Waals surface area contributed by atoms with Crippen molar-refractivity contribution in [3.05, 3.63) is 23.8 Å². The van der Waals surface area contributed by atoms with Crippen molar-refractivity contribution in [2.45, 2.75) is 33.4 Å². The van der Waals surface area contributed by atoms with Gasteiger partial charge in [-0.3, -0.25) is 19.8 Å². The summed E-state index contributed by atoms with van der Waals surface area (Å²) < 4.78 is 0. The van der Waals surface area contributed by atoms with Crippen LogP contribution in [-0.2, 0) is 6.54 Å². The number of aryl methyl sites for hydroxylation is 1. The first-order valence-corrected chi connectivity index (χ1v) is 6.39. The standard InChI is InChI=1S/C13H22N4/c1-11(2)17-6-4-16(5-7-17)10-13-9-14-12(3)8-15-13/h8-9,11H,4-7,10H2,1-3H3. The van der Waals surface area contributed by atoms with E-state index >= 15 is 0 Å². The third-order valence-corrected chi connectivity index (χ3v) is 3.36. The van der Waals surface area contributed by atoms with E-state index in [-0.39, 0.29) is 0 Å². The Kier molecular flexibility index (Phi) is 4.07. The topological polar surface area (TPSA) is 32.3 Å². The van der Waals surface area contributed by atoms with Gasteiger partial charge >= 0.3 is 0 Å². The van der Waals surface area contributed by atoms with Crippen LogP contribution in [0.25, 0.3) is 0 Å². The van der Waals surface area contributed by atoms with E-state index < -0.39 is 0 Å². The lowest BCUT2D eigenvalue weighted by molar-refractivity contribution is 0.103. The summed E-state index contributed by atoms with van der Waals surface area (Å²) in [5.74, 6) is 0. The normalized spacial score (nSPS) is 18.8. The maximum absolute atomic E-state index is 4.41. The summed E-state index contributed by atoms with van der Waals surface area (Å²) in [6.07, 6.45) is 3.74. The van der Waals surface area contributed by atoms with Gasteiger partial charge in [0.15, 0.2) is 0 Å². The van der Waals surface area contributed by atoms with Gasteiger partial charge in [0.25, 0.3) is 0 Å². The minimum Gasteiger partial charge on any atom is -0.298 e. The van der Waals surface area contributed by atoms with Gasteiger partial charge in [0.05, 0.1) is 11.4 Å². The van der Waals surface area contributed by atoms with E-state index in [2.05, 4.69) is 33.6 Å². The molecule has 0 bridgehead atoms. The molecular formula is C13H22N4.